The Balaban J connectivity index is 2.02. The third-order valence-electron chi connectivity index (χ3n) is 4.32. The summed E-state index contributed by atoms with van der Waals surface area (Å²) in [6, 6.07) is 4.10. The van der Waals surface area contributed by atoms with E-state index in [9.17, 15) is 0 Å². The number of ether oxygens (including phenoxy) is 2. The summed E-state index contributed by atoms with van der Waals surface area (Å²) in [5.41, 5.74) is 2.73. The van der Waals surface area contributed by atoms with Crippen molar-refractivity contribution in [1.82, 2.24) is 5.32 Å². The third-order valence-corrected chi connectivity index (χ3v) is 4.61. The van der Waals surface area contributed by atoms with Gasteiger partial charge in [-0.2, -0.15) is 0 Å². The van der Waals surface area contributed by atoms with Crippen LogP contribution in [0.15, 0.2) is 12.1 Å². The van der Waals surface area contributed by atoms with E-state index in [0.29, 0.717) is 10.9 Å². The van der Waals surface area contributed by atoms with Crippen molar-refractivity contribution >= 4 is 11.6 Å². The van der Waals surface area contributed by atoms with Gasteiger partial charge in [0.15, 0.2) is 0 Å². The molecular formula is C14H18ClNO2. The normalized spacial score (nSPS) is 22.2. The van der Waals surface area contributed by atoms with Gasteiger partial charge in [-0.25, -0.2) is 0 Å². The fourth-order valence-electron chi connectivity index (χ4n) is 2.96. The second kappa shape index (κ2) is 4.41. The lowest BCUT2D eigenvalue weighted by Gasteiger charge is -2.52. The minimum absolute atomic E-state index is 0.158. The fourth-order valence-corrected chi connectivity index (χ4v) is 3.20. The Morgan fingerprint density at radius 3 is 2.56 bits per heavy atom. The first kappa shape index (κ1) is 12.3. The SMILES string of the molecule is COc1cc(C)c(C2(C3CNC3)COC2)cc1Cl. The lowest BCUT2D eigenvalue weighted by molar-refractivity contribution is -0.101. The van der Waals surface area contributed by atoms with Crippen LogP contribution in [0.4, 0.5) is 0 Å². The quantitative estimate of drug-likeness (QED) is 0.910. The molecule has 0 aliphatic carbocycles. The van der Waals surface area contributed by atoms with Crippen LogP contribution in [0.1, 0.15) is 11.1 Å². The Labute approximate surface area is 112 Å². The van der Waals surface area contributed by atoms with Gasteiger partial charge < -0.3 is 14.8 Å². The number of aryl methyl sites for hydroxylation is 1. The molecule has 0 atom stereocenters. The van der Waals surface area contributed by atoms with Crippen molar-refractivity contribution in [3.63, 3.8) is 0 Å². The Morgan fingerprint density at radius 1 is 1.39 bits per heavy atom. The molecule has 0 saturated carbocycles. The monoisotopic (exact) mass is 267 g/mol. The maximum absolute atomic E-state index is 6.27. The van der Waals surface area contributed by atoms with E-state index in [1.54, 1.807) is 7.11 Å². The number of hydrogen-bond acceptors (Lipinski definition) is 3. The molecule has 0 radical (unpaired) electrons. The molecule has 98 valence electrons. The maximum atomic E-state index is 6.27. The van der Waals surface area contributed by atoms with Crippen molar-refractivity contribution in [3.8, 4) is 5.75 Å². The van der Waals surface area contributed by atoms with Crippen LogP contribution in [-0.4, -0.2) is 33.4 Å². The summed E-state index contributed by atoms with van der Waals surface area (Å²) in [5.74, 6) is 1.41. The van der Waals surface area contributed by atoms with Crippen LogP contribution in [0, 0.1) is 12.8 Å². The van der Waals surface area contributed by atoms with Crippen molar-refractivity contribution in [2.45, 2.75) is 12.3 Å². The lowest BCUT2D eigenvalue weighted by Crippen LogP contribution is -2.62. The number of hydrogen-bond donors (Lipinski definition) is 1. The second-order valence-electron chi connectivity index (χ2n) is 5.31. The molecule has 3 rings (SSSR count). The van der Waals surface area contributed by atoms with E-state index in [-0.39, 0.29) is 5.41 Å². The molecule has 2 saturated heterocycles. The molecule has 0 spiro atoms. The van der Waals surface area contributed by atoms with Crippen molar-refractivity contribution in [3.05, 3.63) is 28.3 Å². The number of rotatable bonds is 3. The zero-order valence-corrected chi connectivity index (χ0v) is 11.5. The summed E-state index contributed by atoms with van der Waals surface area (Å²) in [6.45, 7) is 5.89. The molecule has 1 N–H and O–H groups in total. The third kappa shape index (κ3) is 1.65. The first-order valence-corrected chi connectivity index (χ1v) is 6.68. The standard InChI is InChI=1S/C14H18ClNO2/c1-9-3-13(17-2)12(15)4-11(9)14(7-18-8-14)10-5-16-6-10/h3-4,10,16H,5-8H2,1-2H3. The van der Waals surface area contributed by atoms with Gasteiger partial charge in [-0.15, -0.1) is 0 Å². The first-order chi connectivity index (χ1) is 8.67. The average Bonchev–Trinajstić information content (AvgIpc) is 2.23. The highest BCUT2D eigenvalue weighted by Gasteiger charge is 2.50. The molecule has 4 heteroatoms. The van der Waals surface area contributed by atoms with Gasteiger partial charge in [-0.05, 0) is 36.1 Å². The molecule has 2 aliphatic rings. The zero-order chi connectivity index (χ0) is 12.8. The molecule has 0 amide bonds. The summed E-state index contributed by atoms with van der Waals surface area (Å²) in [7, 11) is 1.65. The highest BCUT2D eigenvalue weighted by molar-refractivity contribution is 6.32. The fraction of sp³-hybridized carbons (Fsp3) is 0.571. The molecule has 0 bridgehead atoms. The molecule has 2 aliphatic heterocycles. The predicted molar refractivity (Wildman–Crippen MR) is 71.6 cm³/mol. The first-order valence-electron chi connectivity index (χ1n) is 6.30. The molecule has 2 heterocycles. The van der Waals surface area contributed by atoms with Gasteiger partial charge in [-0.1, -0.05) is 11.6 Å². The van der Waals surface area contributed by atoms with Crippen LogP contribution in [0.3, 0.4) is 0 Å². The summed E-state index contributed by atoms with van der Waals surface area (Å²) >= 11 is 6.27. The van der Waals surface area contributed by atoms with E-state index >= 15 is 0 Å². The van der Waals surface area contributed by atoms with E-state index in [1.165, 1.54) is 11.1 Å². The van der Waals surface area contributed by atoms with Crippen molar-refractivity contribution in [2.75, 3.05) is 33.4 Å². The van der Waals surface area contributed by atoms with Crippen LogP contribution in [0.25, 0.3) is 0 Å². The smallest absolute Gasteiger partial charge is 0.137 e. The predicted octanol–water partition coefficient (Wildman–Crippen LogP) is 2.14. The Kier molecular flexibility index (Phi) is 3.00. The number of halogens is 1. The minimum atomic E-state index is 0.158. The van der Waals surface area contributed by atoms with E-state index in [0.717, 1.165) is 32.1 Å². The number of benzene rings is 1. The molecule has 0 aromatic heterocycles. The summed E-state index contributed by atoms with van der Waals surface area (Å²) in [6.07, 6.45) is 0. The minimum Gasteiger partial charge on any atom is -0.495 e. The van der Waals surface area contributed by atoms with Crippen LogP contribution in [-0.2, 0) is 10.2 Å². The summed E-state index contributed by atoms with van der Waals surface area (Å²) in [4.78, 5) is 0. The van der Waals surface area contributed by atoms with Crippen molar-refractivity contribution in [1.29, 1.82) is 0 Å². The molecular weight excluding hydrogens is 250 g/mol. The van der Waals surface area contributed by atoms with E-state index in [2.05, 4.69) is 18.3 Å². The van der Waals surface area contributed by atoms with Crippen LogP contribution < -0.4 is 10.1 Å². The molecule has 18 heavy (non-hydrogen) atoms. The Hall–Kier alpha value is -0.770. The second-order valence-corrected chi connectivity index (χ2v) is 5.71. The summed E-state index contributed by atoms with van der Waals surface area (Å²) in [5, 5.41) is 4.04. The maximum Gasteiger partial charge on any atom is 0.137 e. The molecule has 1 aromatic rings. The van der Waals surface area contributed by atoms with Gasteiger partial charge in [0, 0.05) is 18.5 Å². The van der Waals surface area contributed by atoms with Crippen LogP contribution in [0.2, 0.25) is 5.02 Å². The molecule has 3 nitrogen and oxygen atoms in total. The Morgan fingerprint density at radius 2 is 2.11 bits per heavy atom. The van der Waals surface area contributed by atoms with Gasteiger partial charge in [0.1, 0.15) is 5.75 Å². The van der Waals surface area contributed by atoms with Crippen molar-refractivity contribution in [2.24, 2.45) is 5.92 Å². The van der Waals surface area contributed by atoms with Gasteiger partial charge in [0.2, 0.25) is 0 Å². The van der Waals surface area contributed by atoms with Gasteiger partial charge in [-0.3, -0.25) is 0 Å². The van der Waals surface area contributed by atoms with Gasteiger partial charge in [0.25, 0.3) is 0 Å². The van der Waals surface area contributed by atoms with Crippen molar-refractivity contribution < 1.29 is 9.47 Å². The van der Waals surface area contributed by atoms with E-state index < -0.39 is 0 Å². The zero-order valence-electron chi connectivity index (χ0n) is 10.8. The largest absolute Gasteiger partial charge is 0.495 e. The van der Waals surface area contributed by atoms with E-state index in [1.807, 2.05) is 6.07 Å². The molecule has 2 fully saturated rings. The number of nitrogens with one attached hydrogen (secondary N) is 1. The highest BCUT2D eigenvalue weighted by Crippen LogP contribution is 2.44. The van der Waals surface area contributed by atoms with E-state index in [4.69, 9.17) is 21.1 Å². The average molecular weight is 268 g/mol. The van der Waals surface area contributed by atoms with Crippen LogP contribution >= 0.6 is 11.6 Å². The molecule has 0 unspecified atom stereocenters. The summed E-state index contributed by atoms with van der Waals surface area (Å²) < 4.78 is 10.8. The lowest BCUT2D eigenvalue weighted by atomic mass is 9.65. The van der Waals surface area contributed by atoms with Gasteiger partial charge >= 0.3 is 0 Å². The Bertz CT molecular complexity index is 467. The highest BCUT2D eigenvalue weighted by atomic mass is 35.5. The topological polar surface area (TPSA) is 30.5 Å². The molecule has 1 aromatic carbocycles. The van der Waals surface area contributed by atoms with Crippen LogP contribution in [0.5, 0.6) is 5.75 Å². The van der Waals surface area contributed by atoms with Gasteiger partial charge in [0.05, 0.1) is 25.3 Å². The number of methoxy groups -OCH3 is 1.